The molecule has 0 atom stereocenters. The number of aromatic nitrogens is 2. The summed E-state index contributed by atoms with van der Waals surface area (Å²) in [4.78, 5) is 6.43. The Morgan fingerprint density at radius 1 is 1.67 bits per heavy atom. The number of H-pyrrole nitrogens is 1. The molecule has 0 radical (unpaired) electrons. The van der Waals surface area contributed by atoms with Crippen LogP contribution in [0.3, 0.4) is 0 Å². The molecule has 3 N–H and O–H groups in total. The number of aryl methyl sites for hydroxylation is 1. The van der Waals surface area contributed by atoms with Gasteiger partial charge in [0.05, 0.1) is 11.9 Å². The molecule has 0 aliphatic carbocycles. The molecule has 0 saturated heterocycles. The van der Waals surface area contributed by atoms with Gasteiger partial charge in [0, 0.05) is 0 Å². The van der Waals surface area contributed by atoms with Gasteiger partial charge in [-0.15, -0.1) is 0 Å². The lowest BCUT2D eigenvalue weighted by Crippen LogP contribution is -1.93. The molecular weight excluding hydrogens is 120 g/mol. The zero-order valence-electron chi connectivity index (χ0n) is 5.00. The van der Waals surface area contributed by atoms with E-state index in [-0.39, 0.29) is 0 Å². The third-order valence-corrected chi connectivity index (χ3v) is 1.00. The first-order valence-corrected chi connectivity index (χ1v) is 2.58. The largest absolute Gasteiger partial charge is 0.363 e. The van der Waals surface area contributed by atoms with Gasteiger partial charge in [0.2, 0.25) is 0 Å². The van der Waals surface area contributed by atoms with Crippen molar-refractivity contribution in [2.75, 3.05) is 0 Å². The van der Waals surface area contributed by atoms with Gasteiger partial charge in [-0.25, -0.2) is 4.98 Å². The quantitative estimate of drug-likeness (QED) is 0.455. The fourth-order valence-corrected chi connectivity index (χ4v) is 0.571. The molecule has 0 saturated carbocycles. The fourth-order valence-electron chi connectivity index (χ4n) is 0.571. The lowest BCUT2D eigenvalue weighted by Gasteiger charge is -1.95. The van der Waals surface area contributed by atoms with Gasteiger partial charge in [0.25, 0.3) is 0 Å². The lowest BCUT2D eigenvalue weighted by atomic mass is 10.5. The highest BCUT2D eigenvalue weighted by Gasteiger charge is 2.02. The van der Waals surface area contributed by atoms with Crippen LogP contribution in [0.2, 0.25) is 0 Å². The molecule has 0 unspecified atom stereocenters. The number of nitrogens with zero attached hydrogens (tertiary/aromatic N) is 1. The topological polar surface area (TPSA) is 69.1 Å². The van der Waals surface area contributed by atoms with Crippen LogP contribution in [0.4, 0.5) is 0 Å². The molecule has 1 aromatic rings. The van der Waals surface area contributed by atoms with Crippen molar-refractivity contribution in [1.29, 1.82) is 0 Å². The number of nitrogens with one attached hydrogen (secondary N) is 1. The van der Waals surface area contributed by atoms with Gasteiger partial charge in [-0.2, -0.15) is 0 Å². The smallest absolute Gasteiger partial charge is 0.195 e. The number of hydrogen-bond acceptors (Lipinski definition) is 3. The molecular formula is C5H8N2O2. The molecule has 1 aromatic heterocycles. The van der Waals surface area contributed by atoms with Gasteiger partial charge in [-0.05, 0) is 6.92 Å². The van der Waals surface area contributed by atoms with Crippen molar-refractivity contribution in [1.82, 2.24) is 9.97 Å². The minimum atomic E-state index is -1.44. The van der Waals surface area contributed by atoms with E-state index in [1.54, 1.807) is 6.92 Å². The number of hydrogen-bond donors (Lipinski definition) is 3. The first-order valence-electron chi connectivity index (χ1n) is 2.58. The molecule has 4 nitrogen and oxygen atoms in total. The second-order valence-corrected chi connectivity index (χ2v) is 1.80. The van der Waals surface area contributed by atoms with Crippen LogP contribution in [0.15, 0.2) is 6.20 Å². The van der Waals surface area contributed by atoms with Crippen LogP contribution < -0.4 is 0 Å². The summed E-state index contributed by atoms with van der Waals surface area (Å²) in [6.45, 7) is 1.74. The molecule has 0 amide bonds. The van der Waals surface area contributed by atoms with Crippen LogP contribution >= 0.6 is 0 Å². The molecule has 0 fully saturated rings. The number of aliphatic hydroxyl groups excluding tert-OH is 1. The van der Waals surface area contributed by atoms with Crippen LogP contribution in [0.1, 0.15) is 17.8 Å². The van der Waals surface area contributed by atoms with Crippen molar-refractivity contribution in [3.05, 3.63) is 17.7 Å². The maximum atomic E-state index is 8.52. The highest BCUT2D eigenvalue weighted by atomic mass is 16.5. The average Bonchev–Trinajstić information content (AvgIpc) is 2.14. The number of aromatic amines is 1. The predicted octanol–water partition coefficient (Wildman–Crippen LogP) is -0.299. The third-order valence-electron chi connectivity index (χ3n) is 1.00. The molecule has 9 heavy (non-hydrogen) atoms. The zero-order valence-corrected chi connectivity index (χ0v) is 5.00. The van der Waals surface area contributed by atoms with E-state index in [9.17, 15) is 0 Å². The highest BCUT2D eigenvalue weighted by molar-refractivity contribution is 5.00. The summed E-state index contributed by atoms with van der Waals surface area (Å²) in [5, 5.41) is 17.0. The van der Waals surface area contributed by atoms with Crippen molar-refractivity contribution in [2.24, 2.45) is 0 Å². The average molecular weight is 128 g/mol. The van der Waals surface area contributed by atoms with E-state index in [1.807, 2.05) is 0 Å². The SMILES string of the molecule is Cc1ncc(C(O)O)[nH]1. The number of rotatable bonds is 1. The van der Waals surface area contributed by atoms with Gasteiger partial charge >= 0.3 is 0 Å². The Hall–Kier alpha value is -0.870. The molecule has 50 valence electrons. The Bertz CT molecular complexity index is 195. The van der Waals surface area contributed by atoms with Crippen molar-refractivity contribution in [3.63, 3.8) is 0 Å². The van der Waals surface area contributed by atoms with E-state index in [0.717, 1.165) is 0 Å². The van der Waals surface area contributed by atoms with Crippen LogP contribution in [0, 0.1) is 6.92 Å². The van der Waals surface area contributed by atoms with E-state index in [0.29, 0.717) is 11.5 Å². The third kappa shape index (κ3) is 1.28. The summed E-state index contributed by atoms with van der Waals surface area (Å²) >= 11 is 0. The van der Waals surface area contributed by atoms with E-state index in [2.05, 4.69) is 9.97 Å². The standard InChI is InChI=1S/C5H8N2O2/c1-3-6-2-4(7-3)5(8)9/h2,5,8-9H,1H3,(H,6,7). The van der Waals surface area contributed by atoms with Crippen molar-refractivity contribution in [2.45, 2.75) is 13.2 Å². The van der Waals surface area contributed by atoms with Crippen molar-refractivity contribution >= 4 is 0 Å². The summed E-state index contributed by atoms with van der Waals surface area (Å²) in [5.74, 6) is 0.679. The zero-order chi connectivity index (χ0) is 6.85. The first-order chi connectivity index (χ1) is 4.20. The molecule has 0 aromatic carbocycles. The Labute approximate surface area is 52.2 Å². The van der Waals surface area contributed by atoms with Gasteiger partial charge in [-0.3, -0.25) is 0 Å². The Balaban J connectivity index is 2.85. The van der Waals surface area contributed by atoms with Crippen LogP contribution in [0.25, 0.3) is 0 Å². The summed E-state index contributed by atoms with van der Waals surface area (Å²) < 4.78 is 0. The molecule has 1 heterocycles. The summed E-state index contributed by atoms with van der Waals surface area (Å²) in [6, 6.07) is 0. The number of aliphatic hydroxyl groups is 2. The van der Waals surface area contributed by atoms with Crippen LogP contribution in [-0.4, -0.2) is 20.2 Å². The van der Waals surface area contributed by atoms with Crippen molar-refractivity contribution in [3.8, 4) is 0 Å². The first kappa shape index (κ1) is 6.25. The van der Waals surface area contributed by atoms with E-state index < -0.39 is 6.29 Å². The normalized spacial score (nSPS) is 10.7. The minimum absolute atomic E-state index is 0.326. The van der Waals surface area contributed by atoms with Gasteiger partial charge in [-0.1, -0.05) is 0 Å². The fraction of sp³-hybridized carbons (Fsp3) is 0.400. The molecule has 0 aliphatic rings. The second-order valence-electron chi connectivity index (χ2n) is 1.80. The molecule has 0 spiro atoms. The van der Waals surface area contributed by atoms with Crippen LogP contribution in [0.5, 0.6) is 0 Å². The molecule has 1 rings (SSSR count). The molecule has 0 bridgehead atoms. The van der Waals surface area contributed by atoms with Gasteiger partial charge in [0.1, 0.15) is 5.82 Å². The Morgan fingerprint density at radius 2 is 2.33 bits per heavy atom. The predicted molar refractivity (Wildman–Crippen MR) is 30.5 cm³/mol. The number of imidazole rings is 1. The summed E-state index contributed by atoms with van der Waals surface area (Å²) in [7, 11) is 0. The maximum Gasteiger partial charge on any atom is 0.195 e. The van der Waals surface area contributed by atoms with Crippen LogP contribution in [-0.2, 0) is 0 Å². The summed E-state index contributed by atoms with van der Waals surface area (Å²) in [5.41, 5.74) is 0.326. The van der Waals surface area contributed by atoms with Gasteiger partial charge < -0.3 is 15.2 Å². The molecule has 4 heteroatoms. The molecule has 0 aliphatic heterocycles. The maximum absolute atomic E-state index is 8.52. The Morgan fingerprint density at radius 3 is 2.56 bits per heavy atom. The van der Waals surface area contributed by atoms with Crippen molar-refractivity contribution < 1.29 is 10.2 Å². The van der Waals surface area contributed by atoms with E-state index >= 15 is 0 Å². The van der Waals surface area contributed by atoms with E-state index in [1.165, 1.54) is 6.20 Å². The highest BCUT2D eigenvalue weighted by Crippen LogP contribution is 2.04. The van der Waals surface area contributed by atoms with E-state index in [4.69, 9.17) is 10.2 Å². The second kappa shape index (κ2) is 2.16. The van der Waals surface area contributed by atoms with Gasteiger partial charge in [0.15, 0.2) is 6.29 Å². The monoisotopic (exact) mass is 128 g/mol. The lowest BCUT2D eigenvalue weighted by molar-refractivity contribution is -0.0455. The Kier molecular flexibility index (Phi) is 1.50. The summed E-state index contributed by atoms with van der Waals surface area (Å²) in [6.07, 6.45) is -0.0498. The minimum Gasteiger partial charge on any atom is -0.363 e.